The van der Waals surface area contributed by atoms with Gasteiger partial charge in [0, 0.05) is 17.5 Å². The lowest BCUT2D eigenvalue weighted by Crippen LogP contribution is -2.34. The molecule has 2 atom stereocenters. The molecule has 21 heavy (non-hydrogen) atoms. The first-order valence-corrected chi connectivity index (χ1v) is 8.58. The predicted octanol–water partition coefficient (Wildman–Crippen LogP) is 2.79. The lowest BCUT2D eigenvalue weighted by Gasteiger charge is -2.23. The number of carbonyl (C=O) groups is 1. The van der Waals surface area contributed by atoms with Gasteiger partial charge in [0.15, 0.2) is 5.13 Å². The van der Waals surface area contributed by atoms with Crippen molar-refractivity contribution < 1.29 is 9.90 Å². The maximum atomic E-state index is 11.3. The van der Waals surface area contributed by atoms with Crippen LogP contribution in [0.5, 0.6) is 0 Å². The Bertz CT molecular complexity index is 485. The zero-order chi connectivity index (χ0) is 15.4. The quantitative estimate of drug-likeness (QED) is 0.810. The highest BCUT2D eigenvalue weighted by molar-refractivity contribution is 7.15. The highest BCUT2D eigenvalue weighted by atomic mass is 32.1. The molecule has 0 aromatic carbocycles. The molecule has 1 heterocycles. The van der Waals surface area contributed by atoms with Crippen LogP contribution >= 0.6 is 11.3 Å². The number of rotatable bonds is 7. The van der Waals surface area contributed by atoms with Crippen LogP contribution in [-0.4, -0.2) is 46.6 Å². The van der Waals surface area contributed by atoms with Crippen LogP contribution in [0, 0.1) is 0 Å². The Kier molecular flexibility index (Phi) is 5.58. The number of anilines is 1. The number of aliphatic carboxylic acids is 1. The molecular formula is C15H25N3O2S. The first-order valence-electron chi connectivity index (χ1n) is 7.76. The van der Waals surface area contributed by atoms with Crippen molar-refractivity contribution >= 4 is 22.4 Å². The van der Waals surface area contributed by atoms with E-state index in [-0.39, 0.29) is 0 Å². The third-order valence-electron chi connectivity index (χ3n) is 4.05. The van der Waals surface area contributed by atoms with E-state index in [1.165, 1.54) is 0 Å². The van der Waals surface area contributed by atoms with E-state index in [4.69, 9.17) is 0 Å². The monoisotopic (exact) mass is 311 g/mol. The average Bonchev–Trinajstić information content (AvgIpc) is 2.86. The highest BCUT2D eigenvalue weighted by Crippen LogP contribution is 2.36. The summed E-state index contributed by atoms with van der Waals surface area (Å²) in [6, 6.07) is 0.306. The van der Waals surface area contributed by atoms with E-state index < -0.39 is 11.9 Å². The number of likely N-dealkylation sites (N-methyl/N-ethyl adjacent to an activating group) is 1. The van der Waals surface area contributed by atoms with Crippen LogP contribution in [0.4, 0.5) is 5.13 Å². The summed E-state index contributed by atoms with van der Waals surface area (Å²) >= 11 is 1.62. The first-order chi connectivity index (χ1) is 10.0. The van der Waals surface area contributed by atoms with Crippen LogP contribution < -0.4 is 5.32 Å². The molecule has 2 N–H and O–H groups in total. The van der Waals surface area contributed by atoms with Crippen LogP contribution in [0.3, 0.4) is 0 Å². The zero-order valence-electron chi connectivity index (χ0n) is 13.1. The molecule has 0 bridgehead atoms. The Hall–Kier alpha value is -1.14. The maximum Gasteiger partial charge on any atom is 0.312 e. The fourth-order valence-electron chi connectivity index (χ4n) is 2.85. The molecule has 1 aliphatic carbocycles. The predicted molar refractivity (Wildman–Crippen MR) is 86.3 cm³/mol. The van der Waals surface area contributed by atoms with Gasteiger partial charge in [0.1, 0.15) is 5.92 Å². The van der Waals surface area contributed by atoms with E-state index >= 15 is 0 Å². The molecular weight excluding hydrogens is 286 g/mol. The van der Waals surface area contributed by atoms with Gasteiger partial charge in [-0.25, -0.2) is 4.98 Å². The molecule has 2 rings (SSSR count). The van der Waals surface area contributed by atoms with Gasteiger partial charge in [0.2, 0.25) is 0 Å². The molecule has 118 valence electrons. The van der Waals surface area contributed by atoms with Crippen LogP contribution in [-0.2, 0) is 11.2 Å². The minimum absolute atomic E-state index is 0.306. The number of hydrogen-bond donors (Lipinski definition) is 2. The Morgan fingerprint density at radius 1 is 1.52 bits per heavy atom. The molecule has 0 saturated carbocycles. The van der Waals surface area contributed by atoms with E-state index in [1.807, 2.05) is 0 Å². The second-order valence-electron chi connectivity index (χ2n) is 5.64. The number of aryl methyl sites for hydroxylation is 1. The Balaban J connectivity index is 2.04. The number of fused-ring (bicyclic) bond motifs is 1. The molecule has 0 spiro atoms. The van der Waals surface area contributed by atoms with Crippen molar-refractivity contribution in [1.82, 2.24) is 9.88 Å². The zero-order valence-corrected chi connectivity index (χ0v) is 13.9. The van der Waals surface area contributed by atoms with Crippen LogP contribution in [0.15, 0.2) is 0 Å². The topological polar surface area (TPSA) is 65.5 Å². The van der Waals surface area contributed by atoms with Gasteiger partial charge in [-0.3, -0.25) is 4.79 Å². The summed E-state index contributed by atoms with van der Waals surface area (Å²) in [7, 11) is 0. The van der Waals surface area contributed by atoms with Gasteiger partial charge < -0.3 is 15.3 Å². The molecule has 1 aromatic rings. The minimum Gasteiger partial charge on any atom is -0.481 e. The van der Waals surface area contributed by atoms with E-state index in [0.717, 1.165) is 48.2 Å². The smallest absolute Gasteiger partial charge is 0.312 e. The van der Waals surface area contributed by atoms with Gasteiger partial charge in [0.05, 0.1) is 5.69 Å². The summed E-state index contributed by atoms with van der Waals surface area (Å²) in [5, 5.41) is 13.6. The SMILES string of the molecule is CCN(CC)CC(C)Nc1nc2c(s1)CCCC2C(=O)O. The van der Waals surface area contributed by atoms with Crippen molar-refractivity contribution in [3.8, 4) is 0 Å². The maximum absolute atomic E-state index is 11.3. The molecule has 0 saturated heterocycles. The molecule has 6 heteroatoms. The third kappa shape index (κ3) is 3.95. The van der Waals surface area contributed by atoms with E-state index in [9.17, 15) is 9.90 Å². The number of carboxylic acids is 1. The van der Waals surface area contributed by atoms with Crippen molar-refractivity contribution in [2.45, 2.75) is 52.0 Å². The molecule has 0 amide bonds. The summed E-state index contributed by atoms with van der Waals surface area (Å²) in [6.45, 7) is 9.52. The van der Waals surface area contributed by atoms with Crippen LogP contribution in [0.2, 0.25) is 0 Å². The fraction of sp³-hybridized carbons (Fsp3) is 0.733. The van der Waals surface area contributed by atoms with Crippen molar-refractivity contribution in [2.75, 3.05) is 25.0 Å². The summed E-state index contributed by atoms with van der Waals surface area (Å²) in [5.74, 6) is -1.16. The van der Waals surface area contributed by atoms with Gasteiger partial charge in [-0.1, -0.05) is 13.8 Å². The number of nitrogens with zero attached hydrogens (tertiary/aromatic N) is 2. The Morgan fingerprint density at radius 2 is 2.24 bits per heavy atom. The minimum atomic E-state index is -0.746. The second-order valence-corrected chi connectivity index (χ2v) is 6.73. The molecule has 0 aliphatic heterocycles. The van der Waals surface area contributed by atoms with E-state index in [0.29, 0.717) is 12.5 Å². The number of hydrogen-bond acceptors (Lipinski definition) is 5. The van der Waals surface area contributed by atoms with Crippen molar-refractivity contribution in [1.29, 1.82) is 0 Å². The Morgan fingerprint density at radius 3 is 2.86 bits per heavy atom. The van der Waals surface area contributed by atoms with Gasteiger partial charge >= 0.3 is 5.97 Å². The second kappa shape index (κ2) is 7.22. The number of aromatic nitrogens is 1. The fourth-order valence-corrected chi connectivity index (χ4v) is 4.02. The average molecular weight is 311 g/mol. The normalized spacial score (nSPS) is 19.3. The van der Waals surface area contributed by atoms with E-state index in [2.05, 4.69) is 36.0 Å². The molecule has 0 radical (unpaired) electrons. The van der Waals surface area contributed by atoms with Crippen LogP contribution in [0.1, 0.15) is 50.1 Å². The van der Waals surface area contributed by atoms with Gasteiger partial charge in [-0.15, -0.1) is 11.3 Å². The summed E-state index contributed by atoms with van der Waals surface area (Å²) in [6.07, 6.45) is 2.62. The van der Waals surface area contributed by atoms with Crippen molar-refractivity contribution in [3.05, 3.63) is 10.6 Å². The highest BCUT2D eigenvalue weighted by Gasteiger charge is 2.30. The molecule has 2 unspecified atom stereocenters. The first kappa shape index (κ1) is 16.2. The molecule has 5 nitrogen and oxygen atoms in total. The lowest BCUT2D eigenvalue weighted by atomic mass is 9.91. The molecule has 1 aromatic heterocycles. The third-order valence-corrected chi connectivity index (χ3v) is 5.11. The summed E-state index contributed by atoms with van der Waals surface area (Å²) in [4.78, 5) is 19.4. The number of nitrogens with one attached hydrogen (secondary N) is 1. The lowest BCUT2D eigenvalue weighted by molar-refractivity contribution is -0.139. The van der Waals surface area contributed by atoms with Gasteiger partial charge in [-0.2, -0.15) is 0 Å². The van der Waals surface area contributed by atoms with Gasteiger partial charge in [0.25, 0.3) is 0 Å². The molecule has 1 aliphatic rings. The van der Waals surface area contributed by atoms with Crippen LogP contribution in [0.25, 0.3) is 0 Å². The summed E-state index contributed by atoms with van der Waals surface area (Å²) < 4.78 is 0. The van der Waals surface area contributed by atoms with Crippen molar-refractivity contribution in [2.24, 2.45) is 0 Å². The standard InChI is InChI=1S/C15H25N3O2S/c1-4-18(5-2)9-10(3)16-15-17-13-11(14(19)20)7-6-8-12(13)21-15/h10-11H,4-9H2,1-3H3,(H,16,17)(H,19,20). The number of carboxylic acid groups (broad SMARTS) is 1. The molecule has 0 fully saturated rings. The number of thiazole rings is 1. The Labute approximate surface area is 130 Å². The summed E-state index contributed by atoms with van der Waals surface area (Å²) in [5.41, 5.74) is 0.788. The van der Waals surface area contributed by atoms with Crippen molar-refractivity contribution in [3.63, 3.8) is 0 Å². The largest absolute Gasteiger partial charge is 0.481 e. The van der Waals surface area contributed by atoms with Gasteiger partial charge in [-0.05, 0) is 39.3 Å². The van der Waals surface area contributed by atoms with E-state index in [1.54, 1.807) is 11.3 Å².